The third-order valence-electron chi connectivity index (χ3n) is 3.17. The molecule has 4 nitrogen and oxygen atoms in total. The van der Waals surface area contributed by atoms with Crippen LogP contribution in [-0.4, -0.2) is 15.3 Å². The number of nitrogens with zero attached hydrogens (tertiary/aromatic N) is 2. The third kappa shape index (κ3) is 1.31. The fraction of sp³-hybridized carbons (Fsp3) is 0.0769. The van der Waals surface area contributed by atoms with Gasteiger partial charge in [-0.1, -0.05) is 6.07 Å². The molecule has 2 aromatic heterocycles. The van der Waals surface area contributed by atoms with Crippen LogP contribution in [0.3, 0.4) is 0 Å². The summed E-state index contributed by atoms with van der Waals surface area (Å²) in [6.45, 7) is 0. The van der Waals surface area contributed by atoms with Crippen LogP contribution in [-0.2, 0) is 11.2 Å². The van der Waals surface area contributed by atoms with Crippen LogP contribution in [0.4, 0.5) is 5.69 Å². The Bertz CT molecular complexity index is 771. The van der Waals surface area contributed by atoms with Crippen LogP contribution in [0, 0.1) is 0 Å². The molecule has 3 aromatic rings. The van der Waals surface area contributed by atoms with E-state index in [0.29, 0.717) is 6.42 Å². The molecule has 0 bridgehead atoms. The summed E-state index contributed by atoms with van der Waals surface area (Å²) in [4.78, 5) is 16.6. The molecule has 0 atom stereocenters. The van der Waals surface area contributed by atoms with E-state index in [1.54, 1.807) is 17.5 Å². The lowest BCUT2D eigenvalue weighted by Gasteiger charge is -2.03. The van der Waals surface area contributed by atoms with Gasteiger partial charge in [0.15, 0.2) is 4.96 Å². The zero-order chi connectivity index (χ0) is 12.1. The fourth-order valence-electron chi connectivity index (χ4n) is 2.32. The first-order chi connectivity index (χ1) is 8.81. The summed E-state index contributed by atoms with van der Waals surface area (Å²) in [7, 11) is 0. The molecule has 1 aliphatic rings. The lowest BCUT2D eigenvalue weighted by atomic mass is 10.1. The molecule has 18 heavy (non-hydrogen) atoms. The highest BCUT2D eigenvalue weighted by atomic mass is 32.1. The minimum atomic E-state index is 0.0697. The molecule has 0 saturated heterocycles. The van der Waals surface area contributed by atoms with Crippen LogP contribution >= 0.6 is 11.3 Å². The molecule has 5 heteroatoms. The zero-order valence-electron chi connectivity index (χ0n) is 9.38. The third-order valence-corrected chi connectivity index (χ3v) is 4.02. The normalized spacial score (nSPS) is 13.9. The molecular weight excluding hydrogens is 246 g/mol. The molecule has 0 saturated carbocycles. The summed E-state index contributed by atoms with van der Waals surface area (Å²) in [6, 6.07) is 6.08. The maximum atomic E-state index is 11.3. The van der Waals surface area contributed by atoms with Crippen LogP contribution in [0.2, 0.25) is 0 Å². The molecule has 1 amide bonds. The predicted octanol–water partition coefficient (Wildman–Crippen LogP) is 2.56. The predicted molar refractivity (Wildman–Crippen MR) is 70.8 cm³/mol. The summed E-state index contributed by atoms with van der Waals surface area (Å²) in [5, 5.41) is 4.94. The van der Waals surface area contributed by atoms with Crippen molar-refractivity contribution >= 4 is 27.9 Å². The number of imidazole rings is 1. The van der Waals surface area contributed by atoms with E-state index in [1.807, 2.05) is 18.3 Å². The first kappa shape index (κ1) is 9.85. The molecule has 0 radical (unpaired) electrons. The quantitative estimate of drug-likeness (QED) is 0.726. The van der Waals surface area contributed by atoms with Crippen molar-refractivity contribution in [1.29, 1.82) is 0 Å². The molecule has 3 heterocycles. The Kier molecular flexibility index (Phi) is 1.87. The minimum absolute atomic E-state index is 0.0697. The summed E-state index contributed by atoms with van der Waals surface area (Å²) in [5.41, 5.74) is 4.24. The van der Waals surface area contributed by atoms with Gasteiger partial charge in [-0.25, -0.2) is 4.98 Å². The maximum absolute atomic E-state index is 11.3. The number of nitrogens with one attached hydrogen (secondary N) is 1. The van der Waals surface area contributed by atoms with Gasteiger partial charge >= 0.3 is 0 Å². The highest BCUT2D eigenvalue weighted by Gasteiger charge is 2.18. The number of hydrogen-bond acceptors (Lipinski definition) is 3. The molecule has 0 spiro atoms. The van der Waals surface area contributed by atoms with E-state index in [4.69, 9.17) is 0 Å². The number of carbonyl (C=O) groups is 1. The average Bonchev–Trinajstić information content (AvgIpc) is 2.99. The fourth-order valence-corrected chi connectivity index (χ4v) is 3.18. The van der Waals surface area contributed by atoms with Crippen LogP contribution < -0.4 is 5.32 Å². The number of aromatic nitrogens is 2. The van der Waals surface area contributed by atoms with Crippen molar-refractivity contribution in [1.82, 2.24) is 9.38 Å². The van der Waals surface area contributed by atoms with Crippen LogP contribution in [0.5, 0.6) is 0 Å². The van der Waals surface area contributed by atoms with E-state index >= 15 is 0 Å². The van der Waals surface area contributed by atoms with E-state index < -0.39 is 0 Å². The monoisotopic (exact) mass is 255 g/mol. The van der Waals surface area contributed by atoms with Gasteiger partial charge in [-0.3, -0.25) is 9.20 Å². The molecule has 88 valence electrons. The molecular formula is C13H9N3OS. The van der Waals surface area contributed by atoms with Crippen molar-refractivity contribution < 1.29 is 4.79 Å². The Morgan fingerprint density at radius 2 is 2.33 bits per heavy atom. The van der Waals surface area contributed by atoms with Crippen molar-refractivity contribution in [2.45, 2.75) is 6.42 Å². The lowest BCUT2D eigenvalue weighted by molar-refractivity contribution is -0.115. The van der Waals surface area contributed by atoms with Gasteiger partial charge in [0, 0.05) is 23.5 Å². The molecule has 4 rings (SSSR count). The topological polar surface area (TPSA) is 46.4 Å². The van der Waals surface area contributed by atoms with Crippen molar-refractivity contribution in [3.05, 3.63) is 41.5 Å². The number of benzene rings is 1. The van der Waals surface area contributed by atoms with Gasteiger partial charge in [0.05, 0.1) is 12.1 Å². The molecule has 1 aromatic carbocycles. The molecule has 1 N–H and O–H groups in total. The van der Waals surface area contributed by atoms with E-state index in [-0.39, 0.29) is 5.91 Å². The molecule has 0 unspecified atom stereocenters. The zero-order valence-corrected chi connectivity index (χ0v) is 10.2. The van der Waals surface area contributed by atoms with Crippen LogP contribution in [0.1, 0.15) is 5.56 Å². The number of anilines is 1. The SMILES string of the molecule is O=C1Cc2cc(-c3csc4nccn34)ccc2N1. The van der Waals surface area contributed by atoms with Gasteiger partial charge in [-0.05, 0) is 23.3 Å². The molecule has 0 aliphatic carbocycles. The summed E-state index contributed by atoms with van der Waals surface area (Å²) in [6.07, 6.45) is 4.23. The maximum Gasteiger partial charge on any atom is 0.228 e. The van der Waals surface area contributed by atoms with E-state index in [0.717, 1.165) is 27.5 Å². The van der Waals surface area contributed by atoms with Gasteiger partial charge in [0.25, 0.3) is 0 Å². The van der Waals surface area contributed by atoms with Gasteiger partial charge < -0.3 is 5.32 Å². The standard InChI is InChI=1S/C13H9N3OS/c17-12-6-9-5-8(1-2-10(9)15-12)11-7-18-13-14-3-4-16(11)13/h1-5,7H,6H2,(H,15,17). The van der Waals surface area contributed by atoms with Crippen LogP contribution in [0.25, 0.3) is 16.2 Å². The van der Waals surface area contributed by atoms with Gasteiger partial charge in [0.1, 0.15) is 0 Å². The highest BCUT2D eigenvalue weighted by molar-refractivity contribution is 7.15. The average molecular weight is 255 g/mol. The smallest absolute Gasteiger partial charge is 0.228 e. The number of fused-ring (bicyclic) bond motifs is 2. The Balaban J connectivity index is 1.89. The van der Waals surface area contributed by atoms with Gasteiger partial charge in [-0.15, -0.1) is 11.3 Å². The van der Waals surface area contributed by atoms with Gasteiger partial charge in [0.2, 0.25) is 5.91 Å². The Morgan fingerprint density at radius 1 is 1.39 bits per heavy atom. The Morgan fingerprint density at radius 3 is 3.28 bits per heavy atom. The molecule has 1 aliphatic heterocycles. The summed E-state index contributed by atoms with van der Waals surface area (Å²) in [5.74, 6) is 0.0697. The number of amides is 1. The van der Waals surface area contributed by atoms with Crippen molar-refractivity contribution in [3.8, 4) is 11.3 Å². The first-order valence-corrected chi connectivity index (χ1v) is 6.53. The van der Waals surface area contributed by atoms with E-state index in [9.17, 15) is 4.79 Å². The molecule has 0 fully saturated rings. The van der Waals surface area contributed by atoms with Crippen LogP contribution in [0.15, 0.2) is 36.0 Å². The summed E-state index contributed by atoms with van der Waals surface area (Å²) < 4.78 is 2.07. The number of hydrogen-bond donors (Lipinski definition) is 1. The summed E-state index contributed by atoms with van der Waals surface area (Å²) >= 11 is 1.62. The second-order valence-electron chi connectivity index (χ2n) is 4.30. The van der Waals surface area contributed by atoms with Crippen molar-refractivity contribution in [2.24, 2.45) is 0 Å². The number of thiazole rings is 1. The minimum Gasteiger partial charge on any atom is -0.326 e. The first-order valence-electron chi connectivity index (χ1n) is 5.65. The lowest BCUT2D eigenvalue weighted by Crippen LogP contribution is -2.03. The van der Waals surface area contributed by atoms with E-state index in [2.05, 4.69) is 26.1 Å². The second-order valence-corrected chi connectivity index (χ2v) is 5.13. The number of carbonyl (C=O) groups excluding carboxylic acids is 1. The number of rotatable bonds is 1. The second kappa shape index (κ2) is 3.43. The Labute approximate surface area is 107 Å². The largest absolute Gasteiger partial charge is 0.326 e. The highest BCUT2D eigenvalue weighted by Crippen LogP contribution is 2.31. The van der Waals surface area contributed by atoms with Crippen molar-refractivity contribution in [2.75, 3.05) is 5.32 Å². The Hall–Kier alpha value is -2.14. The van der Waals surface area contributed by atoms with Crippen molar-refractivity contribution in [3.63, 3.8) is 0 Å². The van der Waals surface area contributed by atoms with Gasteiger partial charge in [-0.2, -0.15) is 0 Å². The van der Waals surface area contributed by atoms with E-state index in [1.165, 1.54) is 0 Å².